The molecule has 1 unspecified atom stereocenters. The molecule has 5 nitrogen and oxygen atoms in total. The maximum atomic E-state index is 13.7. The first-order valence-corrected chi connectivity index (χ1v) is 15.3. The van der Waals surface area contributed by atoms with Gasteiger partial charge in [0, 0.05) is 71.0 Å². The Bertz CT molecular complexity index is 1290. The van der Waals surface area contributed by atoms with Crippen LogP contribution in [0.15, 0.2) is 72.8 Å². The normalized spacial score (nSPS) is 16.8. The van der Waals surface area contributed by atoms with Crippen molar-refractivity contribution < 1.29 is 4.39 Å². The van der Waals surface area contributed by atoms with Gasteiger partial charge in [0.05, 0.1) is 11.6 Å². The number of aryl methyl sites for hydroxylation is 1. The molecule has 2 aliphatic rings. The lowest BCUT2D eigenvalue weighted by molar-refractivity contribution is 0.0481. The number of hydrogen-bond donors (Lipinski definition) is 0. The van der Waals surface area contributed by atoms with Crippen LogP contribution in [-0.2, 0) is 6.42 Å². The monoisotopic (exact) mass is 697 g/mol. The van der Waals surface area contributed by atoms with Crippen LogP contribution in [0.1, 0.15) is 43.0 Å². The lowest BCUT2D eigenvalue weighted by atomic mass is 9.96. The number of rotatable bonds is 10. The molecule has 0 amide bonds. The second-order valence-electron chi connectivity index (χ2n) is 11.8. The third-order valence-electron chi connectivity index (χ3n) is 8.93. The molecule has 0 aromatic heterocycles. The van der Waals surface area contributed by atoms with Gasteiger partial charge >= 0.3 is 0 Å². The van der Waals surface area contributed by atoms with Gasteiger partial charge < -0.3 is 4.90 Å². The zero-order valence-corrected chi connectivity index (χ0v) is 29.6. The highest BCUT2D eigenvalue weighted by atomic mass is 35.5. The molecular weight excluding hydrogens is 651 g/mol. The highest BCUT2D eigenvalue weighted by molar-refractivity contribution is 5.86. The van der Waals surface area contributed by atoms with E-state index < -0.39 is 0 Å². The zero-order valence-electron chi connectivity index (χ0n) is 26.3. The van der Waals surface area contributed by atoms with Gasteiger partial charge in [0.1, 0.15) is 5.82 Å². The molecule has 2 heterocycles. The van der Waals surface area contributed by atoms with Crippen LogP contribution in [0.2, 0.25) is 0 Å². The zero-order chi connectivity index (χ0) is 28.6. The maximum Gasteiger partial charge on any atom is 0.123 e. The van der Waals surface area contributed by atoms with Crippen molar-refractivity contribution in [3.63, 3.8) is 0 Å². The smallest absolute Gasteiger partial charge is 0.123 e. The molecule has 0 spiro atoms. The van der Waals surface area contributed by atoms with Gasteiger partial charge in [-0.1, -0.05) is 48.5 Å². The van der Waals surface area contributed by atoms with Crippen molar-refractivity contribution in [1.29, 1.82) is 5.26 Å². The first kappa shape index (κ1) is 41.1. The molecule has 2 saturated heterocycles. The topological polar surface area (TPSA) is 36.8 Å². The van der Waals surface area contributed by atoms with E-state index in [2.05, 4.69) is 75.9 Å². The van der Waals surface area contributed by atoms with Crippen LogP contribution in [0, 0.1) is 17.1 Å². The number of hydrogen-bond acceptors (Lipinski definition) is 5. The molecule has 0 radical (unpaired) electrons. The minimum absolute atomic E-state index is 0. The van der Waals surface area contributed by atoms with Gasteiger partial charge in [-0.05, 0) is 79.8 Å². The summed E-state index contributed by atoms with van der Waals surface area (Å²) in [4.78, 5) is 10.4. The summed E-state index contributed by atoms with van der Waals surface area (Å²) in [5.41, 5.74) is 5.74. The van der Waals surface area contributed by atoms with E-state index in [0.29, 0.717) is 17.6 Å². The summed E-state index contributed by atoms with van der Waals surface area (Å²) in [7, 11) is 0. The predicted molar refractivity (Wildman–Crippen MR) is 194 cm³/mol. The Hall–Kier alpha value is -1.92. The second-order valence-corrected chi connectivity index (χ2v) is 11.8. The standard InChI is InChI=1S/C35H44FN5.4ClH/c1-28(2)40-22-24-41(25-23-40)35(32-13-15-33(36)16-14-32)27-39-20-18-38(19-21-39)17-5-7-30-6-3-4-8-34(30)31-11-9-29(26-37)10-12-31;;;;/h3-4,6,8-16,28,35H,5,7,17-25,27H2,1-2H3;4*1H. The average molecular weight is 700 g/mol. The largest absolute Gasteiger partial charge is 0.301 e. The van der Waals surface area contributed by atoms with Crippen molar-refractivity contribution in [3.8, 4) is 17.2 Å². The Morgan fingerprint density at radius 1 is 0.711 bits per heavy atom. The number of nitrogens with zero attached hydrogens (tertiary/aromatic N) is 5. The molecule has 0 N–H and O–H groups in total. The summed E-state index contributed by atoms with van der Waals surface area (Å²) >= 11 is 0. The Labute approximate surface area is 294 Å². The highest BCUT2D eigenvalue weighted by Gasteiger charge is 2.29. The fraction of sp³-hybridized carbons (Fsp3) is 0.457. The molecule has 5 rings (SSSR count). The van der Waals surface area contributed by atoms with Gasteiger partial charge in [-0.3, -0.25) is 14.7 Å². The summed E-state index contributed by atoms with van der Waals surface area (Å²) < 4.78 is 13.7. The first-order chi connectivity index (χ1) is 20.0. The van der Waals surface area contributed by atoms with Gasteiger partial charge in [-0.25, -0.2) is 4.39 Å². The van der Waals surface area contributed by atoms with Gasteiger partial charge in [0.2, 0.25) is 0 Å². The van der Waals surface area contributed by atoms with E-state index in [0.717, 1.165) is 78.3 Å². The molecule has 3 aromatic rings. The molecule has 1 atom stereocenters. The van der Waals surface area contributed by atoms with E-state index in [1.807, 2.05) is 24.3 Å². The van der Waals surface area contributed by atoms with E-state index in [9.17, 15) is 4.39 Å². The average Bonchev–Trinajstić information content (AvgIpc) is 3.01. The van der Waals surface area contributed by atoms with Crippen LogP contribution >= 0.6 is 49.6 Å². The number of piperazine rings is 2. The maximum absolute atomic E-state index is 13.7. The van der Waals surface area contributed by atoms with Crippen molar-refractivity contribution in [2.45, 2.75) is 38.8 Å². The molecule has 0 aliphatic carbocycles. The molecule has 2 fully saturated rings. The van der Waals surface area contributed by atoms with Crippen LogP contribution in [0.25, 0.3) is 11.1 Å². The van der Waals surface area contributed by atoms with Crippen molar-refractivity contribution in [2.24, 2.45) is 0 Å². The lowest BCUT2D eigenvalue weighted by Gasteiger charge is -2.43. The third-order valence-corrected chi connectivity index (χ3v) is 8.93. The minimum Gasteiger partial charge on any atom is -0.301 e. The van der Waals surface area contributed by atoms with E-state index in [-0.39, 0.29) is 55.4 Å². The SMILES string of the molecule is CC(C)N1CCN(C(CN2CCN(CCCc3ccccc3-c3ccc(C#N)cc3)CC2)c2ccc(F)cc2)CC1.Cl.Cl.Cl.Cl. The first-order valence-electron chi connectivity index (χ1n) is 15.3. The molecule has 10 heteroatoms. The van der Waals surface area contributed by atoms with Crippen LogP contribution in [0.3, 0.4) is 0 Å². The molecular formula is C35H48Cl4FN5. The Morgan fingerprint density at radius 3 is 1.89 bits per heavy atom. The lowest BCUT2D eigenvalue weighted by Crippen LogP contribution is -2.53. The number of benzene rings is 3. The van der Waals surface area contributed by atoms with Crippen molar-refractivity contribution in [1.82, 2.24) is 19.6 Å². The quantitative estimate of drug-likeness (QED) is 0.221. The summed E-state index contributed by atoms with van der Waals surface area (Å²) in [5.74, 6) is -0.162. The molecule has 0 bridgehead atoms. The molecule has 248 valence electrons. The van der Waals surface area contributed by atoms with Crippen molar-refractivity contribution in [2.75, 3.05) is 65.4 Å². The second kappa shape index (κ2) is 20.3. The van der Waals surface area contributed by atoms with Crippen molar-refractivity contribution >= 4 is 49.6 Å². The Kier molecular flexibility index (Phi) is 18.6. The van der Waals surface area contributed by atoms with Gasteiger partial charge in [-0.15, -0.1) is 49.6 Å². The third kappa shape index (κ3) is 11.4. The predicted octanol–water partition coefficient (Wildman–Crippen LogP) is 7.37. The molecule has 2 aliphatic heterocycles. The van der Waals surface area contributed by atoms with E-state index in [1.165, 1.54) is 22.3 Å². The number of nitriles is 1. The molecule has 0 saturated carbocycles. The van der Waals surface area contributed by atoms with Crippen LogP contribution < -0.4 is 0 Å². The van der Waals surface area contributed by atoms with E-state index >= 15 is 0 Å². The van der Waals surface area contributed by atoms with Gasteiger partial charge in [-0.2, -0.15) is 5.26 Å². The molecule has 3 aromatic carbocycles. The van der Waals surface area contributed by atoms with Crippen LogP contribution in [0.4, 0.5) is 4.39 Å². The molecule has 45 heavy (non-hydrogen) atoms. The number of halogens is 5. The summed E-state index contributed by atoms with van der Waals surface area (Å²) in [6.45, 7) is 15.3. The summed E-state index contributed by atoms with van der Waals surface area (Å²) in [6, 6.07) is 26.9. The fourth-order valence-corrected chi connectivity index (χ4v) is 6.36. The van der Waals surface area contributed by atoms with Crippen LogP contribution in [0.5, 0.6) is 0 Å². The Balaban J connectivity index is 0.00000253. The van der Waals surface area contributed by atoms with Crippen molar-refractivity contribution in [3.05, 3.63) is 95.3 Å². The highest BCUT2D eigenvalue weighted by Crippen LogP contribution is 2.27. The van der Waals surface area contributed by atoms with E-state index in [4.69, 9.17) is 5.26 Å². The van der Waals surface area contributed by atoms with Crippen LogP contribution in [-0.4, -0.2) is 91.1 Å². The fourth-order valence-electron chi connectivity index (χ4n) is 6.36. The van der Waals surface area contributed by atoms with E-state index in [1.54, 1.807) is 12.1 Å². The Morgan fingerprint density at radius 2 is 1.29 bits per heavy atom. The van der Waals surface area contributed by atoms with Gasteiger partial charge in [0.25, 0.3) is 0 Å². The summed E-state index contributed by atoms with van der Waals surface area (Å²) in [6.07, 6.45) is 2.18. The summed E-state index contributed by atoms with van der Waals surface area (Å²) in [5, 5.41) is 9.13. The minimum atomic E-state index is -0.162. The van der Waals surface area contributed by atoms with Gasteiger partial charge in [0.15, 0.2) is 0 Å².